The average molecular weight is 322 g/mol. The number of carbonyl (C=O) groups excluding carboxylic acids is 2. The summed E-state index contributed by atoms with van der Waals surface area (Å²) in [7, 11) is 4.46. The van der Waals surface area contributed by atoms with Crippen LogP contribution in [0, 0.1) is 0 Å². The van der Waals surface area contributed by atoms with Crippen molar-refractivity contribution in [2.75, 3.05) is 27.9 Å². The van der Waals surface area contributed by atoms with Crippen LogP contribution in [0.2, 0.25) is 0 Å². The SMILES string of the molecule is COC(=O)C1CCCN1C(=O)NCc1ccc(OC)c(OC)c1. The highest BCUT2D eigenvalue weighted by molar-refractivity contribution is 5.84. The summed E-state index contributed by atoms with van der Waals surface area (Å²) in [4.78, 5) is 25.5. The van der Waals surface area contributed by atoms with Crippen LogP contribution >= 0.6 is 0 Å². The van der Waals surface area contributed by atoms with Gasteiger partial charge in [-0.05, 0) is 30.5 Å². The number of methoxy groups -OCH3 is 3. The van der Waals surface area contributed by atoms with Crippen LogP contribution in [0.1, 0.15) is 18.4 Å². The Kier molecular flexibility index (Phi) is 5.67. The number of amides is 2. The fraction of sp³-hybridized carbons (Fsp3) is 0.500. The molecule has 1 aliphatic heterocycles. The van der Waals surface area contributed by atoms with Crippen LogP contribution in [0.3, 0.4) is 0 Å². The van der Waals surface area contributed by atoms with E-state index < -0.39 is 6.04 Å². The molecule has 0 radical (unpaired) electrons. The number of urea groups is 1. The number of rotatable bonds is 5. The van der Waals surface area contributed by atoms with Crippen molar-refractivity contribution in [3.63, 3.8) is 0 Å². The third-order valence-corrected chi connectivity index (χ3v) is 3.88. The summed E-state index contributed by atoms with van der Waals surface area (Å²) in [6, 6.07) is 4.68. The number of nitrogens with zero attached hydrogens (tertiary/aromatic N) is 1. The highest BCUT2D eigenvalue weighted by Gasteiger charge is 2.34. The Labute approximate surface area is 135 Å². The summed E-state index contributed by atoms with van der Waals surface area (Å²) >= 11 is 0. The summed E-state index contributed by atoms with van der Waals surface area (Å²) in [5.41, 5.74) is 0.879. The molecular weight excluding hydrogens is 300 g/mol. The van der Waals surface area contributed by atoms with Gasteiger partial charge >= 0.3 is 12.0 Å². The van der Waals surface area contributed by atoms with E-state index in [2.05, 4.69) is 5.32 Å². The van der Waals surface area contributed by atoms with Gasteiger partial charge in [0.05, 0.1) is 21.3 Å². The first-order valence-electron chi connectivity index (χ1n) is 7.44. The quantitative estimate of drug-likeness (QED) is 0.832. The molecule has 1 fully saturated rings. The zero-order valence-electron chi connectivity index (χ0n) is 13.6. The van der Waals surface area contributed by atoms with Gasteiger partial charge in [-0.25, -0.2) is 9.59 Å². The minimum absolute atomic E-state index is 0.271. The van der Waals surface area contributed by atoms with Crippen molar-refractivity contribution in [2.45, 2.75) is 25.4 Å². The zero-order valence-corrected chi connectivity index (χ0v) is 13.6. The molecule has 0 bridgehead atoms. The van der Waals surface area contributed by atoms with Crippen molar-refractivity contribution >= 4 is 12.0 Å². The first-order chi connectivity index (χ1) is 11.1. The summed E-state index contributed by atoms with van der Waals surface area (Å²) in [6.07, 6.45) is 1.43. The van der Waals surface area contributed by atoms with E-state index in [1.807, 2.05) is 6.07 Å². The van der Waals surface area contributed by atoms with Crippen LogP contribution in [-0.4, -0.2) is 50.8 Å². The van der Waals surface area contributed by atoms with E-state index in [-0.39, 0.29) is 12.0 Å². The van der Waals surface area contributed by atoms with Crippen molar-refractivity contribution in [3.05, 3.63) is 23.8 Å². The zero-order chi connectivity index (χ0) is 16.8. The number of ether oxygens (including phenoxy) is 3. The molecule has 1 heterocycles. The molecule has 0 spiro atoms. The molecule has 1 aromatic rings. The fourth-order valence-corrected chi connectivity index (χ4v) is 2.66. The Hall–Kier alpha value is -2.44. The molecule has 23 heavy (non-hydrogen) atoms. The van der Waals surface area contributed by atoms with Gasteiger partial charge in [0.2, 0.25) is 0 Å². The normalized spacial score (nSPS) is 16.8. The van der Waals surface area contributed by atoms with Gasteiger partial charge in [-0.3, -0.25) is 0 Å². The third kappa shape index (κ3) is 3.85. The maximum atomic E-state index is 12.3. The van der Waals surface area contributed by atoms with Crippen molar-refractivity contribution < 1.29 is 23.8 Å². The standard InChI is InChI=1S/C16H22N2O5/c1-21-13-7-6-11(9-14(13)22-2)10-17-16(20)18-8-4-5-12(18)15(19)23-3/h6-7,9,12H,4-5,8,10H2,1-3H3,(H,17,20). The molecule has 7 nitrogen and oxygen atoms in total. The van der Waals surface area contributed by atoms with E-state index in [0.29, 0.717) is 31.0 Å². The van der Waals surface area contributed by atoms with Gasteiger partial charge < -0.3 is 24.4 Å². The molecule has 126 valence electrons. The molecule has 1 unspecified atom stereocenters. The monoisotopic (exact) mass is 322 g/mol. The molecule has 0 saturated carbocycles. The van der Waals surface area contributed by atoms with E-state index in [9.17, 15) is 9.59 Å². The van der Waals surface area contributed by atoms with Gasteiger partial charge in [-0.2, -0.15) is 0 Å². The van der Waals surface area contributed by atoms with Gasteiger partial charge in [0.25, 0.3) is 0 Å². The second-order valence-corrected chi connectivity index (χ2v) is 5.22. The molecule has 2 rings (SSSR count). The number of likely N-dealkylation sites (tertiary alicyclic amines) is 1. The van der Waals surface area contributed by atoms with Gasteiger partial charge in [0.1, 0.15) is 6.04 Å². The van der Waals surface area contributed by atoms with Crippen LogP contribution < -0.4 is 14.8 Å². The lowest BCUT2D eigenvalue weighted by Crippen LogP contribution is -2.46. The predicted octanol–water partition coefficient (Wildman–Crippen LogP) is 1.55. The first-order valence-corrected chi connectivity index (χ1v) is 7.44. The van der Waals surface area contributed by atoms with Crippen molar-refractivity contribution in [1.29, 1.82) is 0 Å². The number of nitrogens with one attached hydrogen (secondary N) is 1. The maximum absolute atomic E-state index is 12.3. The lowest BCUT2D eigenvalue weighted by molar-refractivity contribution is -0.144. The van der Waals surface area contributed by atoms with Gasteiger partial charge in [0, 0.05) is 13.1 Å². The van der Waals surface area contributed by atoms with E-state index in [1.54, 1.807) is 26.4 Å². The number of benzene rings is 1. The van der Waals surface area contributed by atoms with Crippen molar-refractivity contribution in [3.8, 4) is 11.5 Å². The molecule has 0 aromatic heterocycles. The number of hydrogen-bond donors (Lipinski definition) is 1. The van der Waals surface area contributed by atoms with E-state index >= 15 is 0 Å². The van der Waals surface area contributed by atoms with Crippen LogP contribution in [0.15, 0.2) is 18.2 Å². The minimum Gasteiger partial charge on any atom is -0.493 e. The highest BCUT2D eigenvalue weighted by atomic mass is 16.5. The molecular formula is C16H22N2O5. The Bertz CT molecular complexity index is 576. The van der Waals surface area contributed by atoms with Crippen LogP contribution in [0.5, 0.6) is 11.5 Å². The third-order valence-electron chi connectivity index (χ3n) is 3.88. The number of hydrogen-bond acceptors (Lipinski definition) is 5. The summed E-state index contributed by atoms with van der Waals surface area (Å²) in [5, 5.41) is 2.82. The Morgan fingerprint density at radius 1 is 1.22 bits per heavy atom. The lowest BCUT2D eigenvalue weighted by Gasteiger charge is -2.23. The van der Waals surface area contributed by atoms with Crippen LogP contribution in [0.25, 0.3) is 0 Å². The molecule has 0 aliphatic carbocycles. The topological polar surface area (TPSA) is 77.1 Å². The number of esters is 1. The van der Waals surface area contributed by atoms with Gasteiger partial charge in [0.15, 0.2) is 11.5 Å². The first kappa shape index (κ1) is 16.9. The number of carbonyl (C=O) groups is 2. The second-order valence-electron chi connectivity index (χ2n) is 5.22. The molecule has 2 amide bonds. The van der Waals surface area contributed by atoms with Crippen LogP contribution in [0.4, 0.5) is 4.79 Å². The molecule has 7 heteroatoms. The predicted molar refractivity (Wildman–Crippen MR) is 83.5 cm³/mol. The fourth-order valence-electron chi connectivity index (χ4n) is 2.66. The van der Waals surface area contributed by atoms with Gasteiger partial charge in [-0.1, -0.05) is 6.07 Å². The van der Waals surface area contributed by atoms with Crippen molar-refractivity contribution in [1.82, 2.24) is 10.2 Å². The maximum Gasteiger partial charge on any atom is 0.328 e. The lowest BCUT2D eigenvalue weighted by atomic mass is 10.2. The largest absolute Gasteiger partial charge is 0.493 e. The molecule has 1 N–H and O–H groups in total. The highest BCUT2D eigenvalue weighted by Crippen LogP contribution is 2.27. The van der Waals surface area contributed by atoms with E-state index in [4.69, 9.17) is 14.2 Å². The molecule has 1 aliphatic rings. The van der Waals surface area contributed by atoms with E-state index in [0.717, 1.165) is 12.0 Å². The minimum atomic E-state index is -0.495. The van der Waals surface area contributed by atoms with Crippen LogP contribution in [-0.2, 0) is 16.1 Å². The molecule has 1 saturated heterocycles. The Balaban J connectivity index is 1.97. The summed E-state index contributed by atoms with van der Waals surface area (Å²) in [6.45, 7) is 0.890. The smallest absolute Gasteiger partial charge is 0.328 e. The average Bonchev–Trinajstić information content (AvgIpc) is 3.08. The Morgan fingerprint density at radius 2 is 1.96 bits per heavy atom. The summed E-state index contributed by atoms with van der Waals surface area (Å²) < 4.78 is 15.2. The summed E-state index contributed by atoms with van der Waals surface area (Å²) in [5.74, 6) is 0.865. The second kappa shape index (κ2) is 7.71. The van der Waals surface area contributed by atoms with Gasteiger partial charge in [-0.15, -0.1) is 0 Å². The molecule has 1 atom stereocenters. The Morgan fingerprint density at radius 3 is 2.61 bits per heavy atom. The van der Waals surface area contributed by atoms with Crippen molar-refractivity contribution in [2.24, 2.45) is 0 Å². The van der Waals surface area contributed by atoms with E-state index in [1.165, 1.54) is 12.0 Å². The molecule has 1 aromatic carbocycles.